The highest BCUT2D eigenvalue weighted by Gasteiger charge is 2.22. The summed E-state index contributed by atoms with van der Waals surface area (Å²) in [7, 11) is 0. The monoisotopic (exact) mass is 173 g/mol. The van der Waals surface area contributed by atoms with Crippen molar-refractivity contribution in [1.29, 1.82) is 0 Å². The van der Waals surface area contributed by atoms with Gasteiger partial charge in [-0.05, 0) is 13.3 Å². The molecule has 12 heavy (non-hydrogen) atoms. The van der Waals surface area contributed by atoms with Crippen molar-refractivity contribution < 1.29 is 9.84 Å². The summed E-state index contributed by atoms with van der Waals surface area (Å²) >= 11 is 0. The van der Waals surface area contributed by atoms with Crippen LogP contribution in [-0.4, -0.2) is 48.5 Å². The van der Waals surface area contributed by atoms with E-state index in [0.29, 0.717) is 6.04 Å². The second-order valence-corrected chi connectivity index (χ2v) is 3.43. The van der Waals surface area contributed by atoms with Crippen molar-refractivity contribution in [2.75, 3.05) is 26.3 Å². The van der Waals surface area contributed by atoms with E-state index in [2.05, 4.69) is 18.7 Å². The molecule has 2 atom stereocenters. The second kappa shape index (κ2) is 4.80. The predicted molar refractivity (Wildman–Crippen MR) is 48.2 cm³/mol. The van der Waals surface area contributed by atoms with Gasteiger partial charge < -0.3 is 9.84 Å². The van der Waals surface area contributed by atoms with Crippen LogP contribution in [-0.2, 0) is 4.74 Å². The predicted octanol–water partition coefficient (Wildman–Crippen LogP) is 0.478. The van der Waals surface area contributed by atoms with Gasteiger partial charge in [-0.3, -0.25) is 4.90 Å². The summed E-state index contributed by atoms with van der Waals surface area (Å²) in [6, 6.07) is 0.614. The largest absolute Gasteiger partial charge is 0.394 e. The van der Waals surface area contributed by atoms with Crippen molar-refractivity contribution in [3.8, 4) is 0 Å². The van der Waals surface area contributed by atoms with Crippen molar-refractivity contribution in [2.24, 2.45) is 0 Å². The molecule has 2 unspecified atom stereocenters. The van der Waals surface area contributed by atoms with Crippen molar-refractivity contribution >= 4 is 0 Å². The third-order valence-corrected chi connectivity index (χ3v) is 2.59. The number of aliphatic hydroxyl groups excluding tert-OH is 1. The average molecular weight is 173 g/mol. The van der Waals surface area contributed by atoms with E-state index in [9.17, 15) is 0 Å². The molecule has 0 saturated carbocycles. The molecule has 72 valence electrons. The van der Waals surface area contributed by atoms with Gasteiger partial charge in [0, 0.05) is 19.1 Å². The van der Waals surface area contributed by atoms with Crippen LogP contribution >= 0.6 is 0 Å². The molecule has 1 aliphatic rings. The van der Waals surface area contributed by atoms with Gasteiger partial charge in [0.1, 0.15) is 0 Å². The maximum atomic E-state index is 8.91. The molecular formula is C9H19NO2. The zero-order valence-electron chi connectivity index (χ0n) is 7.99. The third-order valence-electron chi connectivity index (χ3n) is 2.59. The number of nitrogens with zero attached hydrogens (tertiary/aromatic N) is 1. The Morgan fingerprint density at radius 1 is 1.67 bits per heavy atom. The molecule has 1 fully saturated rings. The minimum atomic E-state index is 0.0350. The second-order valence-electron chi connectivity index (χ2n) is 3.43. The molecule has 1 N–H and O–H groups in total. The first-order valence-electron chi connectivity index (χ1n) is 4.74. The van der Waals surface area contributed by atoms with Gasteiger partial charge in [0.2, 0.25) is 0 Å². The Labute approximate surface area is 74.3 Å². The van der Waals surface area contributed by atoms with Crippen LogP contribution in [0.15, 0.2) is 0 Å². The van der Waals surface area contributed by atoms with Crippen molar-refractivity contribution in [2.45, 2.75) is 32.4 Å². The van der Waals surface area contributed by atoms with Crippen molar-refractivity contribution in [1.82, 2.24) is 4.90 Å². The van der Waals surface area contributed by atoms with Gasteiger partial charge in [-0.25, -0.2) is 0 Å². The quantitative estimate of drug-likeness (QED) is 0.673. The van der Waals surface area contributed by atoms with Crippen LogP contribution < -0.4 is 0 Å². The molecule has 0 spiro atoms. The fraction of sp³-hybridized carbons (Fsp3) is 1.00. The first kappa shape index (κ1) is 9.96. The van der Waals surface area contributed by atoms with E-state index in [1.165, 1.54) is 0 Å². The van der Waals surface area contributed by atoms with Crippen molar-refractivity contribution in [3.05, 3.63) is 0 Å². The Bertz CT molecular complexity index is 128. The van der Waals surface area contributed by atoms with E-state index < -0.39 is 0 Å². The number of ether oxygens (including phenoxy) is 1. The molecule has 3 nitrogen and oxygen atoms in total. The van der Waals surface area contributed by atoms with Gasteiger partial charge >= 0.3 is 0 Å². The number of aliphatic hydroxyl groups is 1. The SMILES string of the molecule is CCC(C)N1CCOC(CO)C1. The Morgan fingerprint density at radius 2 is 2.42 bits per heavy atom. The summed E-state index contributed by atoms with van der Waals surface area (Å²) in [6.45, 7) is 7.20. The molecule has 0 aromatic carbocycles. The fourth-order valence-electron chi connectivity index (χ4n) is 1.51. The average Bonchev–Trinajstić information content (AvgIpc) is 2.17. The van der Waals surface area contributed by atoms with Crippen LogP contribution in [0.2, 0.25) is 0 Å². The molecule has 0 aliphatic carbocycles. The molecule has 1 rings (SSSR count). The molecule has 1 heterocycles. The smallest absolute Gasteiger partial charge is 0.0932 e. The van der Waals surface area contributed by atoms with Gasteiger partial charge in [0.05, 0.1) is 19.3 Å². The molecule has 1 aliphatic heterocycles. The lowest BCUT2D eigenvalue weighted by Gasteiger charge is -2.35. The Balaban J connectivity index is 2.34. The summed E-state index contributed by atoms with van der Waals surface area (Å²) in [4.78, 5) is 2.38. The highest BCUT2D eigenvalue weighted by molar-refractivity contribution is 4.74. The van der Waals surface area contributed by atoms with Gasteiger partial charge in [0.25, 0.3) is 0 Å². The summed E-state index contributed by atoms with van der Waals surface area (Å²) in [5, 5.41) is 8.91. The summed E-state index contributed by atoms with van der Waals surface area (Å²) < 4.78 is 5.36. The molecule has 0 bridgehead atoms. The third kappa shape index (κ3) is 2.44. The van der Waals surface area contributed by atoms with Crippen LogP contribution in [0.3, 0.4) is 0 Å². The first-order chi connectivity index (χ1) is 5.77. The van der Waals surface area contributed by atoms with Gasteiger partial charge in [0.15, 0.2) is 0 Å². The topological polar surface area (TPSA) is 32.7 Å². The molecule has 0 aromatic rings. The van der Waals surface area contributed by atoms with E-state index >= 15 is 0 Å². The number of rotatable bonds is 3. The van der Waals surface area contributed by atoms with E-state index in [4.69, 9.17) is 9.84 Å². The van der Waals surface area contributed by atoms with Crippen LogP contribution in [0.4, 0.5) is 0 Å². The van der Waals surface area contributed by atoms with E-state index in [1.807, 2.05) is 0 Å². The number of hydrogen-bond donors (Lipinski definition) is 1. The van der Waals surface area contributed by atoms with Crippen LogP contribution in [0, 0.1) is 0 Å². The van der Waals surface area contributed by atoms with Crippen LogP contribution in [0.25, 0.3) is 0 Å². The highest BCUT2D eigenvalue weighted by atomic mass is 16.5. The molecular weight excluding hydrogens is 154 g/mol. The van der Waals surface area contributed by atoms with Crippen LogP contribution in [0.5, 0.6) is 0 Å². The summed E-state index contributed by atoms with van der Waals surface area (Å²) in [6.07, 6.45) is 1.20. The number of hydrogen-bond acceptors (Lipinski definition) is 3. The lowest BCUT2D eigenvalue weighted by molar-refractivity contribution is -0.0630. The molecule has 0 aromatic heterocycles. The zero-order valence-corrected chi connectivity index (χ0v) is 7.99. The van der Waals surface area contributed by atoms with Crippen LogP contribution in [0.1, 0.15) is 20.3 Å². The zero-order chi connectivity index (χ0) is 8.97. The first-order valence-corrected chi connectivity index (χ1v) is 4.74. The van der Waals surface area contributed by atoms with Gasteiger partial charge in [-0.2, -0.15) is 0 Å². The fourth-order valence-corrected chi connectivity index (χ4v) is 1.51. The van der Waals surface area contributed by atoms with E-state index in [0.717, 1.165) is 26.1 Å². The Hall–Kier alpha value is -0.120. The summed E-state index contributed by atoms with van der Waals surface area (Å²) in [5.41, 5.74) is 0. The van der Waals surface area contributed by atoms with Gasteiger partial charge in [-0.15, -0.1) is 0 Å². The molecule has 1 saturated heterocycles. The Morgan fingerprint density at radius 3 is 3.00 bits per heavy atom. The molecule has 0 radical (unpaired) electrons. The van der Waals surface area contributed by atoms with E-state index in [-0.39, 0.29) is 12.7 Å². The normalized spacial score (nSPS) is 28.8. The van der Waals surface area contributed by atoms with E-state index in [1.54, 1.807) is 0 Å². The molecule has 0 amide bonds. The Kier molecular flexibility index (Phi) is 3.98. The maximum absolute atomic E-state index is 8.91. The lowest BCUT2D eigenvalue weighted by atomic mass is 10.2. The molecule has 3 heteroatoms. The van der Waals surface area contributed by atoms with Crippen molar-refractivity contribution in [3.63, 3.8) is 0 Å². The maximum Gasteiger partial charge on any atom is 0.0932 e. The standard InChI is InChI=1S/C9H19NO2/c1-3-8(2)10-4-5-12-9(6-10)7-11/h8-9,11H,3-7H2,1-2H3. The lowest BCUT2D eigenvalue weighted by Crippen LogP contribution is -2.47. The minimum absolute atomic E-state index is 0.0350. The minimum Gasteiger partial charge on any atom is -0.394 e. The highest BCUT2D eigenvalue weighted by Crippen LogP contribution is 2.10. The van der Waals surface area contributed by atoms with Gasteiger partial charge in [-0.1, -0.05) is 6.92 Å². The number of morpholine rings is 1. The summed E-state index contributed by atoms with van der Waals surface area (Å²) in [5.74, 6) is 0.